The summed E-state index contributed by atoms with van der Waals surface area (Å²) in [6.45, 7) is 6.40. The van der Waals surface area contributed by atoms with Crippen molar-refractivity contribution < 1.29 is 5.11 Å². The molecular weight excluding hydrogens is 188 g/mol. The Morgan fingerprint density at radius 2 is 2.07 bits per heavy atom. The van der Waals surface area contributed by atoms with Crippen molar-refractivity contribution in [3.8, 4) is 0 Å². The summed E-state index contributed by atoms with van der Waals surface area (Å²) in [7, 11) is 0. The normalized spacial score (nSPS) is 25.4. The van der Waals surface area contributed by atoms with Crippen LogP contribution in [-0.4, -0.2) is 16.1 Å². The molecule has 0 fully saturated rings. The molecule has 0 bridgehead atoms. The van der Waals surface area contributed by atoms with E-state index in [1.165, 1.54) is 0 Å². The number of rotatable bonds is 0. The number of aliphatic hydroxyl groups is 1. The molecule has 15 heavy (non-hydrogen) atoms. The Morgan fingerprint density at radius 3 is 2.67 bits per heavy atom. The zero-order chi connectivity index (χ0) is 11.2. The molecule has 0 saturated carbocycles. The lowest BCUT2D eigenvalue weighted by Gasteiger charge is -2.18. The van der Waals surface area contributed by atoms with E-state index in [0.717, 1.165) is 17.0 Å². The third-order valence-corrected chi connectivity index (χ3v) is 2.93. The minimum absolute atomic E-state index is 0.0483. The summed E-state index contributed by atoms with van der Waals surface area (Å²) in [5.41, 5.74) is 8.76. The summed E-state index contributed by atoms with van der Waals surface area (Å²) in [5, 5.41) is 9.78. The van der Waals surface area contributed by atoms with Crippen LogP contribution in [-0.2, 0) is 11.8 Å². The second kappa shape index (κ2) is 3.29. The largest absolute Gasteiger partial charge is 0.387 e. The number of nitrogens with two attached hydrogens (primary N) is 1. The van der Waals surface area contributed by atoms with Gasteiger partial charge in [0.25, 0.3) is 0 Å². The maximum absolute atomic E-state index is 9.78. The van der Waals surface area contributed by atoms with Gasteiger partial charge in [-0.2, -0.15) is 0 Å². The van der Waals surface area contributed by atoms with Crippen molar-refractivity contribution in [2.75, 3.05) is 0 Å². The van der Waals surface area contributed by atoms with Gasteiger partial charge in [0.15, 0.2) is 0 Å². The summed E-state index contributed by atoms with van der Waals surface area (Å²) in [5.74, 6) is 0. The number of hydrogen-bond acceptors (Lipinski definition) is 3. The smallest absolute Gasteiger partial charge is 0.0962 e. The highest BCUT2D eigenvalue weighted by molar-refractivity contribution is 5.33. The van der Waals surface area contributed by atoms with E-state index in [4.69, 9.17) is 5.73 Å². The first kappa shape index (κ1) is 10.6. The predicted molar refractivity (Wildman–Crippen MR) is 59.6 cm³/mol. The second-order valence-electron chi connectivity index (χ2n) is 5.30. The first-order valence-corrected chi connectivity index (χ1v) is 5.33. The zero-order valence-corrected chi connectivity index (χ0v) is 9.49. The van der Waals surface area contributed by atoms with Crippen LogP contribution in [0.15, 0.2) is 12.1 Å². The fourth-order valence-electron chi connectivity index (χ4n) is 1.93. The van der Waals surface area contributed by atoms with Crippen LogP contribution >= 0.6 is 0 Å². The molecule has 1 aliphatic carbocycles. The topological polar surface area (TPSA) is 59.1 Å². The van der Waals surface area contributed by atoms with Crippen LogP contribution in [0, 0.1) is 0 Å². The maximum Gasteiger partial charge on any atom is 0.0962 e. The third-order valence-electron chi connectivity index (χ3n) is 2.93. The van der Waals surface area contributed by atoms with Crippen LogP contribution in [0.3, 0.4) is 0 Å². The van der Waals surface area contributed by atoms with Crippen LogP contribution in [0.5, 0.6) is 0 Å². The van der Waals surface area contributed by atoms with Crippen molar-refractivity contribution in [3.63, 3.8) is 0 Å². The van der Waals surface area contributed by atoms with E-state index in [1.807, 2.05) is 12.1 Å². The van der Waals surface area contributed by atoms with Gasteiger partial charge in [-0.05, 0) is 6.07 Å². The fraction of sp³-hybridized carbons (Fsp3) is 0.583. The number of aliphatic hydroxyl groups excluding tert-OH is 1. The molecule has 0 saturated heterocycles. The molecule has 2 unspecified atom stereocenters. The van der Waals surface area contributed by atoms with Crippen LogP contribution < -0.4 is 5.73 Å². The van der Waals surface area contributed by atoms with E-state index >= 15 is 0 Å². The van der Waals surface area contributed by atoms with Gasteiger partial charge in [-0.25, -0.2) is 0 Å². The molecule has 3 nitrogen and oxygen atoms in total. The molecular formula is C12H18N2O. The van der Waals surface area contributed by atoms with Crippen LogP contribution in [0.1, 0.15) is 43.8 Å². The Balaban J connectivity index is 2.42. The van der Waals surface area contributed by atoms with Crippen molar-refractivity contribution in [2.24, 2.45) is 5.73 Å². The molecule has 2 atom stereocenters. The van der Waals surface area contributed by atoms with Crippen molar-refractivity contribution in [1.29, 1.82) is 0 Å². The quantitative estimate of drug-likeness (QED) is 0.672. The molecule has 0 spiro atoms. The minimum atomic E-state index is -0.540. The maximum atomic E-state index is 9.78. The average molecular weight is 206 g/mol. The van der Waals surface area contributed by atoms with Gasteiger partial charge in [0.2, 0.25) is 0 Å². The Kier molecular flexibility index (Phi) is 2.32. The molecule has 2 rings (SSSR count). The van der Waals surface area contributed by atoms with E-state index in [9.17, 15) is 5.11 Å². The summed E-state index contributed by atoms with van der Waals surface area (Å²) >= 11 is 0. The van der Waals surface area contributed by atoms with E-state index in [2.05, 4.69) is 25.8 Å². The SMILES string of the molecule is CC(C)(C)c1ccc2c(n1)CC(N)C2O. The first-order chi connectivity index (χ1) is 6.89. The summed E-state index contributed by atoms with van der Waals surface area (Å²) in [4.78, 5) is 4.59. The lowest BCUT2D eigenvalue weighted by Crippen LogP contribution is -2.24. The second-order valence-corrected chi connectivity index (χ2v) is 5.30. The zero-order valence-electron chi connectivity index (χ0n) is 9.49. The van der Waals surface area contributed by atoms with Crippen molar-refractivity contribution in [2.45, 2.75) is 44.8 Å². The molecule has 82 valence electrons. The van der Waals surface area contributed by atoms with E-state index < -0.39 is 6.10 Å². The molecule has 0 aliphatic heterocycles. The third kappa shape index (κ3) is 1.77. The van der Waals surface area contributed by atoms with Crippen molar-refractivity contribution >= 4 is 0 Å². The number of pyridine rings is 1. The summed E-state index contributed by atoms with van der Waals surface area (Å²) in [6, 6.07) is 3.75. The lowest BCUT2D eigenvalue weighted by molar-refractivity contribution is 0.159. The fourth-order valence-corrected chi connectivity index (χ4v) is 1.93. The Hall–Kier alpha value is -0.930. The molecule has 1 heterocycles. The van der Waals surface area contributed by atoms with Gasteiger partial charge in [-0.3, -0.25) is 4.98 Å². The molecule has 0 aromatic carbocycles. The molecule has 1 aliphatic rings. The number of nitrogens with zero attached hydrogens (tertiary/aromatic N) is 1. The lowest BCUT2D eigenvalue weighted by atomic mass is 9.91. The highest BCUT2D eigenvalue weighted by atomic mass is 16.3. The van der Waals surface area contributed by atoms with Gasteiger partial charge in [0, 0.05) is 34.8 Å². The van der Waals surface area contributed by atoms with E-state index in [0.29, 0.717) is 6.42 Å². The van der Waals surface area contributed by atoms with Gasteiger partial charge < -0.3 is 10.8 Å². The monoisotopic (exact) mass is 206 g/mol. The van der Waals surface area contributed by atoms with Crippen LogP contribution in [0.2, 0.25) is 0 Å². The highest BCUT2D eigenvalue weighted by Gasteiger charge is 2.30. The summed E-state index contributed by atoms with van der Waals surface area (Å²) < 4.78 is 0. The van der Waals surface area contributed by atoms with Gasteiger partial charge in [-0.1, -0.05) is 26.8 Å². The van der Waals surface area contributed by atoms with Gasteiger partial charge in [0.05, 0.1) is 6.10 Å². The highest BCUT2D eigenvalue weighted by Crippen LogP contribution is 2.31. The van der Waals surface area contributed by atoms with Crippen molar-refractivity contribution in [1.82, 2.24) is 4.98 Å². The van der Waals surface area contributed by atoms with Gasteiger partial charge in [0.1, 0.15) is 0 Å². The standard InChI is InChI=1S/C12H18N2O/c1-12(2,3)10-5-4-7-9(14-10)6-8(13)11(7)15/h4-5,8,11,15H,6,13H2,1-3H3. The Labute approximate surface area is 90.3 Å². The minimum Gasteiger partial charge on any atom is -0.387 e. The van der Waals surface area contributed by atoms with Crippen LogP contribution in [0.4, 0.5) is 0 Å². The van der Waals surface area contributed by atoms with Crippen LogP contribution in [0.25, 0.3) is 0 Å². The molecule has 0 radical (unpaired) electrons. The number of fused-ring (bicyclic) bond motifs is 1. The first-order valence-electron chi connectivity index (χ1n) is 5.33. The predicted octanol–water partition coefficient (Wildman–Crippen LogP) is 1.30. The number of aromatic nitrogens is 1. The van der Waals surface area contributed by atoms with Gasteiger partial charge in [-0.15, -0.1) is 0 Å². The van der Waals surface area contributed by atoms with E-state index in [1.54, 1.807) is 0 Å². The number of hydrogen-bond donors (Lipinski definition) is 2. The molecule has 0 amide bonds. The molecule has 3 heteroatoms. The van der Waals surface area contributed by atoms with Crippen molar-refractivity contribution in [3.05, 3.63) is 29.1 Å². The molecule has 1 aromatic rings. The van der Waals surface area contributed by atoms with E-state index in [-0.39, 0.29) is 11.5 Å². The molecule has 3 N–H and O–H groups in total. The summed E-state index contributed by atoms with van der Waals surface area (Å²) in [6.07, 6.45) is 0.141. The Bertz CT molecular complexity index is 382. The van der Waals surface area contributed by atoms with Gasteiger partial charge >= 0.3 is 0 Å². The molecule has 1 aromatic heterocycles. The Morgan fingerprint density at radius 1 is 1.40 bits per heavy atom. The average Bonchev–Trinajstić information content (AvgIpc) is 2.41.